The fourth-order valence-electron chi connectivity index (χ4n) is 1.41. The number of halogens is 1. The Kier molecular flexibility index (Phi) is 4.62. The lowest BCUT2D eigenvalue weighted by Crippen LogP contribution is -2.06. The van der Waals surface area contributed by atoms with Crippen molar-refractivity contribution < 1.29 is 9.63 Å². The number of oxime groups is 1. The molecule has 0 spiro atoms. The summed E-state index contributed by atoms with van der Waals surface area (Å²) < 4.78 is 0.829. The molecule has 1 aromatic heterocycles. The molecular weight excluding hydrogens is 355 g/mol. The molecule has 0 aliphatic heterocycles. The zero-order valence-corrected chi connectivity index (χ0v) is 12.4. The standard InChI is InChI=1S/C14H11IN2O2/c1-10(13-8-4-5-9-16-13)17-19-14(18)11-6-2-3-7-12(11)15/h2-9H,1H3/b17-10-. The molecule has 19 heavy (non-hydrogen) atoms. The molecule has 0 fully saturated rings. The molecule has 2 rings (SSSR count). The third-order valence-corrected chi connectivity index (χ3v) is 3.34. The van der Waals surface area contributed by atoms with Crippen molar-refractivity contribution in [1.82, 2.24) is 4.98 Å². The van der Waals surface area contributed by atoms with E-state index in [0.717, 1.165) is 3.57 Å². The van der Waals surface area contributed by atoms with Crippen LogP contribution < -0.4 is 0 Å². The first kappa shape index (κ1) is 13.7. The van der Waals surface area contributed by atoms with Crippen LogP contribution in [0.4, 0.5) is 0 Å². The Morgan fingerprint density at radius 3 is 2.63 bits per heavy atom. The lowest BCUT2D eigenvalue weighted by Gasteiger charge is -2.02. The predicted molar refractivity (Wildman–Crippen MR) is 81.0 cm³/mol. The molecule has 0 aliphatic carbocycles. The number of hydrogen-bond donors (Lipinski definition) is 0. The summed E-state index contributed by atoms with van der Waals surface area (Å²) in [4.78, 5) is 20.9. The van der Waals surface area contributed by atoms with E-state index < -0.39 is 5.97 Å². The van der Waals surface area contributed by atoms with E-state index in [1.165, 1.54) is 0 Å². The van der Waals surface area contributed by atoms with E-state index in [9.17, 15) is 4.79 Å². The Morgan fingerprint density at radius 1 is 1.21 bits per heavy atom. The molecule has 0 unspecified atom stereocenters. The molecule has 2 aromatic rings. The van der Waals surface area contributed by atoms with Gasteiger partial charge in [0.2, 0.25) is 0 Å². The van der Waals surface area contributed by atoms with Crippen LogP contribution in [0.15, 0.2) is 53.8 Å². The van der Waals surface area contributed by atoms with E-state index in [1.54, 1.807) is 31.3 Å². The van der Waals surface area contributed by atoms with E-state index in [1.807, 2.05) is 24.3 Å². The first-order valence-corrected chi connectivity index (χ1v) is 6.68. The van der Waals surface area contributed by atoms with Gasteiger partial charge in [0, 0.05) is 9.77 Å². The molecule has 0 aliphatic rings. The number of nitrogens with zero attached hydrogens (tertiary/aromatic N) is 2. The zero-order chi connectivity index (χ0) is 13.7. The number of aromatic nitrogens is 1. The smallest absolute Gasteiger partial charge is 0.312 e. The van der Waals surface area contributed by atoms with Crippen molar-refractivity contribution in [3.63, 3.8) is 0 Å². The lowest BCUT2D eigenvalue weighted by atomic mass is 10.2. The van der Waals surface area contributed by atoms with Crippen LogP contribution in [-0.4, -0.2) is 16.7 Å². The van der Waals surface area contributed by atoms with Gasteiger partial charge in [0.05, 0.1) is 11.3 Å². The molecule has 0 N–H and O–H groups in total. The molecular formula is C14H11IN2O2. The van der Waals surface area contributed by atoms with Crippen LogP contribution in [0.1, 0.15) is 23.0 Å². The number of hydrogen-bond acceptors (Lipinski definition) is 4. The molecule has 0 atom stereocenters. The minimum absolute atomic E-state index is 0.472. The van der Waals surface area contributed by atoms with E-state index in [-0.39, 0.29) is 0 Å². The summed E-state index contributed by atoms with van der Waals surface area (Å²) in [5, 5.41) is 3.81. The molecule has 0 saturated carbocycles. The monoisotopic (exact) mass is 366 g/mol. The zero-order valence-electron chi connectivity index (χ0n) is 10.2. The van der Waals surface area contributed by atoms with Gasteiger partial charge in [0.1, 0.15) is 5.71 Å². The van der Waals surface area contributed by atoms with Gasteiger partial charge in [0.15, 0.2) is 0 Å². The average molecular weight is 366 g/mol. The topological polar surface area (TPSA) is 51.5 Å². The average Bonchev–Trinajstić information content (AvgIpc) is 2.46. The maximum atomic E-state index is 11.8. The highest BCUT2D eigenvalue weighted by Crippen LogP contribution is 2.12. The normalized spacial score (nSPS) is 11.2. The largest absolute Gasteiger partial charge is 0.366 e. The van der Waals surface area contributed by atoms with Crippen molar-refractivity contribution in [2.45, 2.75) is 6.92 Å². The van der Waals surface area contributed by atoms with Crippen molar-refractivity contribution in [1.29, 1.82) is 0 Å². The van der Waals surface area contributed by atoms with Crippen LogP contribution in [0.2, 0.25) is 0 Å². The summed E-state index contributed by atoms with van der Waals surface area (Å²) >= 11 is 2.08. The molecule has 0 bridgehead atoms. The molecule has 0 amide bonds. The minimum atomic E-state index is -0.472. The van der Waals surface area contributed by atoms with Crippen LogP contribution in [0.25, 0.3) is 0 Å². The Labute approximate surface area is 124 Å². The molecule has 1 heterocycles. The van der Waals surface area contributed by atoms with Gasteiger partial charge in [-0.3, -0.25) is 4.98 Å². The van der Waals surface area contributed by atoms with Gasteiger partial charge < -0.3 is 4.84 Å². The molecule has 4 nitrogen and oxygen atoms in total. The summed E-state index contributed by atoms with van der Waals surface area (Å²) in [6, 6.07) is 12.7. The first-order chi connectivity index (χ1) is 9.18. The second-order valence-electron chi connectivity index (χ2n) is 3.75. The number of rotatable bonds is 3. The fraction of sp³-hybridized carbons (Fsp3) is 0.0714. The van der Waals surface area contributed by atoms with Crippen LogP contribution in [0.5, 0.6) is 0 Å². The van der Waals surface area contributed by atoms with Gasteiger partial charge in [-0.05, 0) is 53.8 Å². The van der Waals surface area contributed by atoms with E-state index in [2.05, 4.69) is 32.7 Å². The summed E-state index contributed by atoms with van der Waals surface area (Å²) in [6.45, 7) is 1.74. The van der Waals surface area contributed by atoms with E-state index in [0.29, 0.717) is 17.0 Å². The summed E-state index contributed by atoms with van der Waals surface area (Å²) in [6.07, 6.45) is 1.66. The predicted octanol–water partition coefficient (Wildman–Crippen LogP) is 3.27. The van der Waals surface area contributed by atoms with E-state index >= 15 is 0 Å². The molecule has 1 aromatic carbocycles. The quantitative estimate of drug-likeness (QED) is 0.363. The van der Waals surface area contributed by atoms with Crippen molar-refractivity contribution in [2.24, 2.45) is 5.16 Å². The molecule has 96 valence electrons. The number of pyridine rings is 1. The second-order valence-corrected chi connectivity index (χ2v) is 4.91. The highest BCUT2D eigenvalue weighted by molar-refractivity contribution is 14.1. The maximum absolute atomic E-state index is 11.8. The third kappa shape index (κ3) is 3.60. The highest BCUT2D eigenvalue weighted by atomic mass is 127. The van der Waals surface area contributed by atoms with Crippen LogP contribution in [0.3, 0.4) is 0 Å². The SMILES string of the molecule is C/C(=N/OC(=O)c1ccccc1I)c1ccccn1. The highest BCUT2D eigenvalue weighted by Gasteiger charge is 2.11. The number of carbonyl (C=O) groups excluding carboxylic acids is 1. The van der Waals surface area contributed by atoms with Crippen LogP contribution >= 0.6 is 22.6 Å². The minimum Gasteiger partial charge on any atom is -0.312 e. The lowest BCUT2D eigenvalue weighted by molar-refractivity contribution is 0.0515. The molecule has 0 saturated heterocycles. The maximum Gasteiger partial charge on any atom is 0.366 e. The Hall–Kier alpha value is -1.76. The molecule has 0 radical (unpaired) electrons. The van der Waals surface area contributed by atoms with Gasteiger partial charge >= 0.3 is 5.97 Å². The van der Waals surface area contributed by atoms with Crippen molar-refractivity contribution in [3.8, 4) is 0 Å². The number of carbonyl (C=O) groups is 1. The number of benzene rings is 1. The van der Waals surface area contributed by atoms with E-state index in [4.69, 9.17) is 4.84 Å². The summed E-state index contributed by atoms with van der Waals surface area (Å²) in [7, 11) is 0. The van der Waals surface area contributed by atoms with Crippen LogP contribution in [-0.2, 0) is 4.84 Å². The molecule has 5 heteroatoms. The van der Waals surface area contributed by atoms with Gasteiger partial charge in [-0.25, -0.2) is 4.79 Å². The third-order valence-electron chi connectivity index (χ3n) is 2.39. The van der Waals surface area contributed by atoms with Crippen LogP contribution in [0, 0.1) is 3.57 Å². The van der Waals surface area contributed by atoms with Crippen molar-refractivity contribution in [3.05, 3.63) is 63.5 Å². The van der Waals surface area contributed by atoms with Gasteiger partial charge in [0.25, 0.3) is 0 Å². The first-order valence-electron chi connectivity index (χ1n) is 5.60. The Balaban J connectivity index is 2.11. The van der Waals surface area contributed by atoms with Gasteiger partial charge in [-0.15, -0.1) is 0 Å². The Morgan fingerprint density at radius 2 is 1.95 bits per heavy atom. The van der Waals surface area contributed by atoms with Gasteiger partial charge in [-0.2, -0.15) is 0 Å². The summed E-state index contributed by atoms with van der Waals surface area (Å²) in [5.41, 5.74) is 1.73. The summed E-state index contributed by atoms with van der Waals surface area (Å²) in [5.74, 6) is -0.472. The van der Waals surface area contributed by atoms with Crippen molar-refractivity contribution >= 4 is 34.3 Å². The van der Waals surface area contributed by atoms with Crippen molar-refractivity contribution in [2.75, 3.05) is 0 Å². The fourth-order valence-corrected chi connectivity index (χ4v) is 2.02. The second kappa shape index (κ2) is 6.42. The Bertz CT molecular complexity index is 612. The van der Waals surface area contributed by atoms with Gasteiger partial charge in [-0.1, -0.05) is 23.4 Å².